The van der Waals surface area contributed by atoms with Gasteiger partial charge in [0, 0.05) is 37.3 Å². The highest BCUT2D eigenvalue weighted by molar-refractivity contribution is 5.99. The Morgan fingerprint density at radius 3 is 2.37 bits per heavy atom. The average Bonchev–Trinajstić information content (AvgIpc) is 2.74. The minimum Gasteiger partial charge on any atom is -0.398 e. The maximum Gasteiger partial charge on any atom is 0.253 e. The number of nitrogens with zero attached hydrogens (tertiary/aromatic N) is 3. The Balaban J connectivity index is 1.38. The zero-order valence-electron chi connectivity index (χ0n) is 17.4. The Labute approximate surface area is 176 Å². The zero-order chi connectivity index (χ0) is 21.1. The van der Waals surface area contributed by atoms with E-state index in [0.717, 1.165) is 42.4 Å². The van der Waals surface area contributed by atoms with Crippen LogP contribution in [0, 0.1) is 0 Å². The van der Waals surface area contributed by atoms with Crippen molar-refractivity contribution in [2.75, 3.05) is 30.0 Å². The van der Waals surface area contributed by atoms with Crippen molar-refractivity contribution >= 4 is 34.3 Å². The minimum atomic E-state index is -0.0991. The molecule has 0 radical (unpaired) electrons. The van der Waals surface area contributed by atoms with Gasteiger partial charge in [0.1, 0.15) is 5.82 Å². The van der Waals surface area contributed by atoms with Crippen LogP contribution in [0.25, 0.3) is 10.9 Å². The molecule has 2 aromatic carbocycles. The van der Waals surface area contributed by atoms with Gasteiger partial charge in [-0.05, 0) is 49.9 Å². The van der Waals surface area contributed by atoms with Crippen LogP contribution in [0.3, 0.4) is 0 Å². The molecule has 1 aliphatic carbocycles. The molecule has 4 rings (SSSR count). The number of anilines is 3. The number of fused-ring (bicyclic) bond motifs is 1. The first-order valence-electron chi connectivity index (χ1n) is 10.4. The number of rotatable bonds is 5. The lowest BCUT2D eigenvalue weighted by Crippen LogP contribution is -2.40. The second-order valence-corrected chi connectivity index (χ2v) is 8.04. The van der Waals surface area contributed by atoms with Crippen molar-refractivity contribution in [3.8, 4) is 0 Å². The van der Waals surface area contributed by atoms with Crippen LogP contribution in [0.1, 0.15) is 36.0 Å². The van der Waals surface area contributed by atoms with Crippen molar-refractivity contribution in [1.82, 2.24) is 15.3 Å². The summed E-state index contributed by atoms with van der Waals surface area (Å²) in [6.07, 6.45) is 3.71. The summed E-state index contributed by atoms with van der Waals surface area (Å²) in [4.78, 5) is 23.9. The molecule has 0 saturated heterocycles. The number of carbonyl (C=O) groups excluding carboxylic acids is 1. The highest BCUT2D eigenvalue weighted by Gasteiger charge is 2.24. The second kappa shape index (κ2) is 8.57. The van der Waals surface area contributed by atoms with Gasteiger partial charge in [-0.25, -0.2) is 4.98 Å². The lowest BCUT2D eigenvalue weighted by atomic mass is 9.91. The van der Waals surface area contributed by atoms with Crippen molar-refractivity contribution in [2.24, 2.45) is 0 Å². The molecule has 3 aromatic rings. The van der Waals surface area contributed by atoms with Gasteiger partial charge >= 0.3 is 0 Å². The number of benzene rings is 2. The zero-order valence-corrected chi connectivity index (χ0v) is 17.4. The molecule has 7 nitrogen and oxygen atoms in total. The van der Waals surface area contributed by atoms with Gasteiger partial charge in [0.25, 0.3) is 5.91 Å². The van der Waals surface area contributed by atoms with Crippen LogP contribution < -0.4 is 21.3 Å². The number of hydrogen-bond donors (Lipinski definition) is 3. The van der Waals surface area contributed by atoms with E-state index < -0.39 is 0 Å². The van der Waals surface area contributed by atoms with Crippen LogP contribution in [0.15, 0.2) is 48.5 Å². The number of hydrogen-bond acceptors (Lipinski definition) is 6. The second-order valence-electron chi connectivity index (χ2n) is 8.04. The van der Waals surface area contributed by atoms with Crippen LogP contribution >= 0.6 is 0 Å². The van der Waals surface area contributed by atoms with Gasteiger partial charge in [0.2, 0.25) is 5.95 Å². The summed E-state index contributed by atoms with van der Waals surface area (Å²) in [5.41, 5.74) is 7.90. The molecule has 1 heterocycles. The van der Waals surface area contributed by atoms with Gasteiger partial charge in [0.05, 0.1) is 11.1 Å². The lowest BCUT2D eigenvalue weighted by molar-refractivity contribution is 0.0927. The minimum absolute atomic E-state index is 0.0991. The Morgan fingerprint density at radius 1 is 0.967 bits per heavy atom. The van der Waals surface area contributed by atoms with E-state index in [9.17, 15) is 4.79 Å². The van der Waals surface area contributed by atoms with Gasteiger partial charge < -0.3 is 21.3 Å². The summed E-state index contributed by atoms with van der Waals surface area (Å²) in [7, 11) is 3.98. The summed E-state index contributed by atoms with van der Waals surface area (Å²) >= 11 is 0. The van der Waals surface area contributed by atoms with Crippen molar-refractivity contribution in [3.63, 3.8) is 0 Å². The fourth-order valence-corrected chi connectivity index (χ4v) is 4.00. The van der Waals surface area contributed by atoms with Crippen molar-refractivity contribution in [3.05, 3.63) is 54.1 Å². The van der Waals surface area contributed by atoms with E-state index in [0.29, 0.717) is 17.2 Å². The van der Waals surface area contributed by atoms with Crippen molar-refractivity contribution in [2.45, 2.75) is 37.8 Å². The fourth-order valence-electron chi connectivity index (χ4n) is 4.00. The monoisotopic (exact) mass is 404 g/mol. The van der Waals surface area contributed by atoms with E-state index in [1.54, 1.807) is 12.1 Å². The SMILES string of the molecule is CN(C)c1nc(N[C@H]2CC[C@@H](NC(=O)c3ccccc3N)CC2)nc2ccccc12. The van der Waals surface area contributed by atoms with E-state index in [-0.39, 0.29) is 18.0 Å². The van der Waals surface area contributed by atoms with E-state index in [1.807, 2.05) is 55.4 Å². The van der Waals surface area contributed by atoms with Crippen LogP contribution in [-0.4, -0.2) is 42.1 Å². The predicted molar refractivity (Wildman–Crippen MR) is 122 cm³/mol. The number of amides is 1. The molecule has 1 aliphatic rings. The van der Waals surface area contributed by atoms with Crippen molar-refractivity contribution < 1.29 is 4.79 Å². The summed E-state index contributed by atoms with van der Waals surface area (Å²) in [6.45, 7) is 0. The molecular formula is C23H28N6O. The molecule has 30 heavy (non-hydrogen) atoms. The van der Waals surface area contributed by atoms with E-state index in [2.05, 4.69) is 10.6 Å². The van der Waals surface area contributed by atoms with Gasteiger partial charge in [-0.15, -0.1) is 0 Å². The number of nitrogen functional groups attached to an aromatic ring is 1. The number of aromatic nitrogens is 2. The van der Waals surface area contributed by atoms with Crippen molar-refractivity contribution in [1.29, 1.82) is 0 Å². The lowest BCUT2D eigenvalue weighted by Gasteiger charge is -2.30. The fraction of sp³-hybridized carbons (Fsp3) is 0.348. The van der Waals surface area contributed by atoms with Crippen LogP contribution in [0.5, 0.6) is 0 Å². The molecule has 0 aliphatic heterocycles. The summed E-state index contributed by atoms with van der Waals surface area (Å²) in [5.74, 6) is 1.46. The third-order valence-corrected chi connectivity index (χ3v) is 5.61. The third kappa shape index (κ3) is 4.30. The van der Waals surface area contributed by atoms with E-state index in [4.69, 9.17) is 15.7 Å². The first-order valence-corrected chi connectivity index (χ1v) is 10.4. The molecule has 156 valence electrons. The molecule has 1 amide bonds. The predicted octanol–water partition coefficient (Wildman–Crippen LogP) is 3.43. The summed E-state index contributed by atoms with van der Waals surface area (Å²) in [5, 5.41) is 7.67. The first kappa shape index (κ1) is 19.9. The van der Waals surface area contributed by atoms with E-state index >= 15 is 0 Å². The Hall–Kier alpha value is -3.35. The molecule has 0 atom stereocenters. The third-order valence-electron chi connectivity index (χ3n) is 5.61. The number of para-hydroxylation sites is 2. The molecule has 0 bridgehead atoms. The molecule has 0 unspecified atom stereocenters. The normalized spacial score (nSPS) is 18.7. The standard InChI is InChI=1S/C23H28N6O/c1-29(2)21-18-8-4-6-10-20(18)27-23(28-21)26-16-13-11-15(12-14-16)25-22(30)17-7-3-5-9-19(17)24/h3-10,15-16H,11-14,24H2,1-2H3,(H,25,30)(H,26,27,28)/t15-,16+. The summed E-state index contributed by atoms with van der Waals surface area (Å²) in [6, 6.07) is 15.7. The average molecular weight is 405 g/mol. The molecule has 7 heteroatoms. The van der Waals surface area contributed by atoms with Gasteiger partial charge in [-0.2, -0.15) is 4.98 Å². The molecule has 4 N–H and O–H groups in total. The Kier molecular flexibility index (Phi) is 5.70. The maximum atomic E-state index is 12.5. The smallest absolute Gasteiger partial charge is 0.253 e. The molecule has 1 fully saturated rings. The first-order chi connectivity index (χ1) is 14.5. The topological polar surface area (TPSA) is 96.2 Å². The Bertz CT molecular complexity index is 1040. The number of nitrogens with one attached hydrogen (secondary N) is 2. The molecule has 0 spiro atoms. The van der Waals surface area contributed by atoms with Crippen LogP contribution in [0.2, 0.25) is 0 Å². The Morgan fingerprint density at radius 2 is 1.63 bits per heavy atom. The maximum absolute atomic E-state index is 12.5. The highest BCUT2D eigenvalue weighted by atomic mass is 16.1. The summed E-state index contributed by atoms with van der Waals surface area (Å²) < 4.78 is 0. The van der Waals surface area contributed by atoms with Gasteiger partial charge in [0.15, 0.2) is 0 Å². The quantitative estimate of drug-likeness (QED) is 0.564. The van der Waals surface area contributed by atoms with Crippen LogP contribution in [0.4, 0.5) is 17.5 Å². The molecular weight excluding hydrogens is 376 g/mol. The van der Waals surface area contributed by atoms with E-state index in [1.165, 1.54) is 0 Å². The van der Waals surface area contributed by atoms with Crippen LogP contribution in [-0.2, 0) is 0 Å². The number of nitrogens with two attached hydrogens (primary N) is 1. The molecule has 1 aromatic heterocycles. The largest absolute Gasteiger partial charge is 0.398 e. The number of carbonyl (C=O) groups is 1. The molecule has 1 saturated carbocycles. The van der Waals surface area contributed by atoms with Gasteiger partial charge in [-0.3, -0.25) is 4.79 Å². The highest BCUT2D eigenvalue weighted by Crippen LogP contribution is 2.26. The van der Waals surface area contributed by atoms with Gasteiger partial charge in [-0.1, -0.05) is 24.3 Å².